The van der Waals surface area contributed by atoms with Gasteiger partial charge in [0.15, 0.2) is 6.61 Å². The van der Waals surface area contributed by atoms with Crippen molar-refractivity contribution in [2.75, 3.05) is 6.61 Å². The lowest BCUT2D eigenvalue weighted by molar-refractivity contribution is -0.153. The maximum absolute atomic E-state index is 11.9. The molecule has 1 aliphatic carbocycles. The zero-order valence-corrected chi connectivity index (χ0v) is 8.10. The van der Waals surface area contributed by atoms with E-state index in [1.807, 2.05) is 6.07 Å². The number of rotatable bonds is 2. The number of alkyl halides is 3. The maximum atomic E-state index is 11.9. The number of ether oxygens (including phenoxy) is 1. The molecule has 1 aliphatic rings. The van der Waals surface area contributed by atoms with Crippen LogP contribution in [0.5, 0.6) is 5.75 Å². The summed E-state index contributed by atoms with van der Waals surface area (Å²) in [6, 6.07) is 5.18. The first kappa shape index (κ1) is 10.3. The van der Waals surface area contributed by atoms with E-state index in [9.17, 15) is 13.2 Å². The van der Waals surface area contributed by atoms with Crippen LogP contribution in [0.15, 0.2) is 18.2 Å². The highest BCUT2D eigenvalue weighted by Gasteiger charge is 2.28. The number of hydrogen-bond acceptors (Lipinski definition) is 1. The van der Waals surface area contributed by atoms with Gasteiger partial charge in [0.2, 0.25) is 0 Å². The average Bonchev–Trinajstić information content (AvgIpc) is 2.60. The molecular formula is C11H11F3O. The second-order valence-electron chi connectivity index (χ2n) is 3.69. The van der Waals surface area contributed by atoms with Gasteiger partial charge >= 0.3 is 6.18 Å². The molecule has 0 atom stereocenters. The fourth-order valence-corrected chi connectivity index (χ4v) is 1.80. The Morgan fingerprint density at radius 1 is 1.13 bits per heavy atom. The highest BCUT2D eigenvalue weighted by molar-refractivity contribution is 5.38. The first-order valence-electron chi connectivity index (χ1n) is 4.86. The van der Waals surface area contributed by atoms with Crippen molar-refractivity contribution in [2.24, 2.45) is 0 Å². The minimum absolute atomic E-state index is 0.313. The summed E-state index contributed by atoms with van der Waals surface area (Å²) < 4.78 is 40.3. The molecule has 0 heterocycles. The lowest BCUT2D eigenvalue weighted by atomic mass is 10.1. The standard InChI is InChI=1S/C11H11F3O/c12-11(13,14)7-15-10-5-4-8-2-1-3-9(8)6-10/h4-6H,1-3,7H2. The summed E-state index contributed by atoms with van der Waals surface area (Å²) in [6.45, 7) is -1.22. The fourth-order valence-electron chi connectivity index (χ4n) is 1.80. The summed E-state index contributed by atoms with van der Waals surface area (Å²) in [5.41, 5.74) is 2.35. The molecule has 0 amide bonds. The van der Waals surface area contributed by atoms with Crippen LogP contribution < -0.4 is 4.74 Å². The Morgan fingerprint density at radius 3 is 2.60 bits per heavy atom. The molecule has 0 unspecified atom stereocenters. The number of halogens is 3. The van der Waals surface area contributed by atoms with E-state index < -0.39 is 12.8 Å². The molecule has 1 aromatic rings. The van der Waals surface area contributed by atoms with Crippen molar-refractivity contribution < 1.29 is 17.9 Å². The maximum Gasteiger partial charge on any atom is 0.422 e. The molecule has 0 aliphatic heterocycles. The average molecular weight is 216 g/mol. The third-order valence-electron chi connectivity index (χ3n) is 2.47. The Balaban J connectivity index is 2.04. The van der Waals surface area contributed by atoms with E-state index in [0.29, 0.717) is 5.75 Å². The summed E-state index contributed by atoms with van der Waals surface area (Å²) in [6.07, 6.45) is -1.22. The predicted molar refractivity (Wildman–Crippen MR) is 50.0 cm³/mol. The zero-order valence-electron chi connectivity index (χ0n) is 8.10. The Kier molecular flexibility index (Phi) is 2.59. The summed E-state index contributed by atoms with van der Waals surface area (Å²) in [4.78, 5) is 0. The fraction of sp³-hybridized carbons (Fsp3) is 0.455. The monoisotopic (exact) mass is 216 g/mol. The Hall–Kier alpha value is -1.19. The van der Waals surface area contributed by atoms with Gasteiger partial charge in [-0.15, -0.1) is 0 Å². The van der Waals surface area contributed by atoms with Crippen molar-refractivity contribution in [3.8, 4) is 5.75 Å². The van der Waals surface area contributed by atoms with Gasteiger partial charge in [-0.2, -0.15) is 13.2 Å². The third kappa shape index (κ3) is 2.64. The minimum atomic E-state index is -4.26. The van der Waals surface area contributed by atoms with Crippen molar-refractivity contribution in [1.29, 1.82) is 0 Å². The topological polar surface area (TPSA) is 9.23 Å². The third-order valence-corrected chi connectivity index (χ3v) is 2.47. The van der Waals surface area contributed by atoms with E-state index in [1.165, 1.54) is 5.56 Å². The van der Waals surface area contributed by atoms with E-state index in [2.05, 4.69) is 4.74 Å². The van der Waals surface area contributed by atoms with Crippen LogP contribution in [0, 0.1) is 0 Å². The highest BCUT2D eigenvalue weighted by atomic mass is 19.4. The molecular weight excluding hydrogens is 205 g/mol. The Bertz CT molecular complexity index is 357. The van der Waals surface area contributed by atoms with Crippen molar-refractivity contribution in [1.82, 2.24) is 0 Å². The molecule has 0 N–H and O–H groups in total. The summed E-state index contributed by atoms with van der Waals surface area (Å²) >= 11 is 0. The number of fused-ring (bicyclic) bond motifs is 1. The highest BCUT2D eigenvalue weighted by Crippen LogP contribution is 2.27. The smallest absolute Gasteiger partial charge is 0.422 e. The molecule has 0 saturated heterocycles. The largest absolute Gasteiger partial charge is 0.484 e. The molecule has 1 aromatic carbocycles. The van der Waals surface area contributed by atoms with E-state index in [4.69, 9.17) is 0 Å². The predicted octanol–water partition coefficient (Wildman–Crippen LogP) is 3.12. The second kappa shape index (κ2) is 3.76. The normalized spacial score (nSPS) is 15.1. The SMILES string of the molecule is FC(F)(F)COc1ccc2c(c1)CCC2. The number of aryl methyl sites for hydroxylation is 2. The Labute approximate surface area is 85.9 Å². The lowest BCUT2D eigenvalue weighted by Crippen LogP contribution is -2.19. The van der Waals surface area contributed by atoms with Crippen LogP contribution in [0.3, 0.4) is 0 Å². The van der Waals surface area contributed by atoms with Crippen LogP contribution in [0.2, 0.25) is 0 Å². The van der Waals surface area contributed by atoms with Crippen LogP contribution in [0.1, 0.15) is 17.5 Å². The van der Waals surface area contributed by atoms with Gasteiger partial charge in [-0.05, 0) is 42.5 Å². The first-order chi connectivity index (χ1) is 7.04. The van der Waals surface area contributed by atoms with Gasteiger partial charge in [0, 0.05) is 0 Å². The summed E-state index contributed by atoms with van der Waals surface area (Å²) in [5, 5.41) is 0. The molecule has 4 heteroatoms. The van der Waals surface area contributed by atoms with Gasteiger partial charge in [0.1, 0.15) is 5.75 Å². The Morgan fingerprint density at radius 2 is 1.87 bits per heavy atom. The molecule has 1 nitrogen and oxygen atoms in total. The molecule has 2 rings (SSSR count). The molecule has 0 bridgehead atoms. The first-order valence-corrected chi connectivity index (χ1v) is 4.86. The van der Waals surface area contributed by atoms with Crippen LogP contribution in [-0.4, -0.2) is 12.8 Å². The number of benzene rings is 1. The quantitative estimate of drug-likeness (QED) is 0.738. The van der Waals surface area contributed by atoms with Crippen molar-refractivity contribution in [2.45, 2.75) is 25.4 Å². The van der Waals surface area contributed by atoms with Crippen LogP contribution in [0.25, 0.3) is 0 Å². The molecule has 0 saturated carbocycles. The molecule has 0 spiro atoms. The molecule has 0 aromatic heterocycles. The molecule has 82 valence electrons. The lowest BCUT2D eigenvalue weighted by Gasteiger charge is -2.10. The van der Waals surface area contributed by atoms with Gasteiger partial charge < -0.3 is 4.74 Å². The van der Waals surface area contributed by atoms with E-state index in [0.717, 1.165) is 24.8 Å². The van der Waals surface area contributed by atoms with Gasteiger partial charge in [0.25, 0.3) is 0 Å². The summed E-state index contributed by atoms with van der Waals surface area (Å²) in [5.74, 6) is 0.313. The number of hydrogen-bond donors (Lipinski definition) is 0. The minimum Gasteiger partial charge on any atom is -0.484 e. The van der Waals surface area contributed by atoms with Gasteiger partial charge in [-0.1, -0.05) is 6.07 Å². The van der Waals surface area contributed by atoms with E-state index in [-0.39, 0.29) is 0 Å². The zero-order chi connectivity index (χ0) is 10.9. The van der Waals surface area contributed by atoms with Crippen molar-refractivity contribution >= 4 is 0 Å². The van der Waals surface area contributed by atoms with Crippen molar-refractivity contribution in [3.63, 3.8) is 0 Å². The van der Waals surface area contributed by atoms with Gasteiger partial charge in [-0.3, -0.25) is 0 Å². The van der Waals surface area contributed by atoms with E-state index in [1.54, 1.807) is 12.1 Å². The van der Waals surface area contributed by atoms with Crippen LogP contribution in [0.4, 0.5) is 13.2 Å². The molecule has 15 heavy (non-hydrogen) atoms. The van der Waals surface area contributed by atoms with Gasteiger partial charge in [-0.25, -0.2) is 0 Å². The van der Waals surface area contributed by atoms with Gasteiger partial charge in [0.05, 0.1) is 0 Å². The second-order valence-corrected chi connectivity index (χ2v) is 3.69. The van der Waals surface area contributed by atoms with E-state index >= 15 is 0 Å². The van der Waals surface area contributed by atoms with Crippen molar-refractivity contribution in [3.05, 3.63) is 29.3 Å². The van der Waals surface area contributed by atoms with Crippen LogP contribution >= 0.6 is 0 Å². The molecule has 0 radical (unpaired) electrons. The molecule has 0 fully saturated rings. The van der Waals surface area contributed by atoms with Crippen LogP contribution in [-0.2, 0) is 12.8 Å². The summed E-state index contributed by atoms with van der Waals surface area (Å²) in [7, 11) is 0.